The molecule has 0 fully saturated rings. The van der Waals surface area contributed by atoms with Gasteiger partial charge in [0, 0.05) is 6.04 Å². The van der Waals surface area contributed by atoms with Crippen molar-refractivity contribution in [1.82, 2.24) is 4.98 Å². The van der Waals surface area contributed by atoms with E-state index in [0.29, 0.717) is 17.7 Å². The lowest BCUT2D eigenvalue weighted by Crippen LogP contribution is -2.08. The molecule has 14 heavy (non-hydrogen) atoms. The molecule has 0 saturated carbocycles. The number of alkyl halides is 3. The van der Waals surface area contributed by atoms with Gasteiger partial charge in [-0.15, -0.1) is 0 Å². The first-order valence-corrected chi connectivity index (χ1v) is 4.29. The fraction of sp³-hybridized carbons (Fsp3) is 0.444. The SMILES string of the molecule is CC1Cc2cc(C(F)(F)F)ncc2N1. The fourth-order valence-corrected chi connectivity index (χ4v) is 1.60. The van der Waals surface area contributed by atoms with Crippen LogP contribution in [0.4, 0.5) is 18.9 Å². The highest BCUT2D eigenvalue weighted by Crippen LogP contribution is 2.32. The van der Waals surface area contributed by atoms with Gasteiger partial charge in [-0.3, -0.25) is 0 Å². The fourth-order valence-electron chi connectivity index (χ4n) is 1.60. The third-order valence-corrected chi connectivity index (χ3v) is 2.21. The molecule has 1 atom stereocenters. The number of rotatable bonds is 0. The van der Waals surface area contributed by atoms with E-state index in [1.54, 1.807) is 0 Å². The van der Waals surface area contributed by atoms with E-state index < -0.39 is 11.9 Å². The molecule has 0 amide bonds. The number of pyridine rings is 1. The Bertz CT molecular complexity index is 360. The molecule has 1 aliphatic rings. The molecular weight excluding hydrogens is 193 g/mol. The average molecular weight is 202 g/mol. The maximum absolute atomic E-state index is 12.3. The van der Waals surface area contributed by atoms with Crippen LogP contribution < -0.4 is 5.32 Å². The molecule has 2 rings (SSSR count). The van der Waals surface area contributed by atoms with E-state index in [2.05, 4.69) is 10.3 Å². The highest BCUT2D eigenvalue weighted by molar-refractivity contribution is 5.55. The summed E-state index contributed by atoms with van der Waals surface area (Å²) in [5.41, 5.74) is 0.595. The first-order valence-electron chi connectivity index (χ1n) is 4.29. The summed E-state index contributed by atoms with van der Waals surface area (Å²) in [6.45, 7) is 1.92. The van der Waals surface area contributed by atoms with Crippen molar-refractivity contribution in [2.75, 3.05) is 5.32 Å². The molecular formula is C9H9F3N2. The van der Waals surface area contributed by atoms with E-state index in [9.17, 15) is 13.2 Å². The Hall–Kier alpha value is -1.26. The van der Waals surface area contributed by atoms with E-state index in [-0.39, 0.29) is 6.04 Å². The Morgan fingerprint density at radius 2 is 2.21 bits per heavy atom. The van der Waals surface area contributed by atoms with Crippen molar-refractivity contribution in [3.05, 3.63) is 23.5 Å². The zero-order valence-corrected chi connectivity index (χ0v) is 7.52. The Kier molecular flexibility index (Phi) is 1.90. The van der Waals surface area contributed by atoms with Gasteiger partial charge in [-0.1, -0.05) is 0 Å². The summed E-state index contributed by atoms with van der Waals surface area (Å²) in [5.74, 6) is 0. The van der Waals surface area contributed by atoms with Gasteiger partial charge in [0.05, 0.1) is 11.9 Å². The summed E-state index contributed by atoms with van der Waals surface area (Å²) in [5, 5.41) is 3.05. The van der Waals surface area contributed by atoms with E-state index in [0.717, 1.165) is 6.07 Å². The highest BCUT2D eigenvalue weighted by Gasteiger charge is 2.33. The molecule has 1 unspecified atom stereocenters. The van der Waals surface area contributed by atoms with Gasteiger partial charge < -0.3 is 5.32 Å². The van der Waals surface area contributed by atoms with E-state index in [1.807, 2.05) is 6.92 Å². The summed E-state index contributed by atoms with van der Waals surface area (Å²) in [6.07, 6.45) is -2.47. The second-order valence-corrected chi connectivity index (χ2v) is 3.47. The van der Waals surface area contributed by atoms with Crippen molar-refractivity contribution >= 4 is 5.69 Å². The van der Waals surface area contributed by atoms with Gasteiger partial charge in [0.2, 0.25) is 0 Å². The van der Waals surface area contributed by atoms with Gasteiger partial charge in [-0.05, 0) is 25.0 Å². The molecule has 1 aromatic heterocycles. The van der Waals surface area contributed by atoms with Crippen molar-refractivity contribution < 1.29 is 13.2 Å². The zero-order valence-electron chi connectivity index (χ0n) is 7.52. The lowest BCUT2D eigenvalue weighted by Gasteiger charge is -2.06. The molecule has 1 aliphatic heterocycles. The summed E-state index contributed by atoms with van der Waals surface area (Å²) in [6, 6.07) is 1.31. The zero-order chi connectivity index (χ0) is 10.3. The quantitative estimate of drug-likeness (QED) is 0.699. The lowest BCUT2D eigenvalue weighted by molar-refractivity contribution is -0.141. The number of nitrogens with one attached hydrogen (secondary N) is 1. The molecule has 0 aliphatic carbocycles. The van der Waals surface area contributed by atoms with Crippen molar-refractivity contribution in [3.63, 3.8) is 0 Å². The number of aromatic nitrogens is 1. The van der Waals surface area contributed by atoms with Crippen molar-refractivity contribution in [1.29, 1.82) is 0 Å². The molecule has 76 valence electrons. The molecule has 0 aromatic carbocycles. The normalized spacial score (nSPS) is 20.4. The summed E-state index contributed by atoms with van der Waals surface area (Å²) >= 11 is 0. The maximum Gasteiger partial charge on any atom is 0.433 e. The van der Waals surface area contributed by atoms with Crippen molar-refractivity contribution in [3.8, 4) is 0 Å². The first-order chi connectivity index (χ1) is 6.47. The van der Waals surface area contributed by atoms with Crippen LogP contribution in [0.1, 0.15) is 18.2 Å². The second kappa shape index (κ2) is 2.87. The van der Waals surface area contributed by atoms with Crippen LogP contribution >= 0.6 is 0 Å². The largest absolute Gasteiger partial charge is 0.433 e. The predicted molar refractivity (Wildman–Crippen MR) is 46.0 cm³/mol. The molecule has 0 spiro atoms. The van der Waals surface area contributed by atoms with Crippen LogP contribution in [0.3, 0.4) is 0 Å². The van der Waals surface area contributed by atoms with Crippen LogP contribution in [0.2, 0.25) is 0 Å². The third-order valence-electron chi connectivity index (χ3n) is 2.21. The molecule has 0 radical (unpaired) electrons. The first kappa shape index (κ1) is 9.30. The van der Waals surface area contributed by atoms with Crippen molar-refractivity contribution in [2.45, 2.75) is 25.6 Å². The summed E-state index contributed by atoms with van der Waals surface area (Å²) < 4.78 is 36.8. The van der Waals surface area contributed by atoms with Crippen LogP contribution in [-0.2, 0) is 12.6 Å². The lowest BCUT2D eigenvalue weighted by atomic mass is 10.1. The number of fused-ring (bicyclic) bond motifs is 1. The molecule has 0 saturated heterocycles. The molecule has 0 bridgehead atoms. The van der Waals surface area contributed by atoms with Crippen LogP contribution in [0, 0.1) is 0 Å². The molecule has 2 heterocycles. The maximum atomic E-state index is 12.3. The molecule has 1 N–H and O–H groups in total. The minimum absolute atomic E-state index is 0.190. The van der Waals surface area contributed by atoms with Gasteiger partial charge in [0.25, 0.3) is 0 Å². The molecule has 5 heteroatoms. The van der Waals surface area contributed by atoms with E-state index in [1.165, 1.54) is 6.20 Å². The molecule has 1 aromatic rings. The van der Waals surface area contributed by atoms with E-state index in [4.69, 9.17) is 0 Å². The Balaban J connectivity index is 2.38. The smallest absolute Gasteiger partial charge is 0.381 e. The number of hydrogen-bond donors (Lipinski definition) is 1. The van der Waals surface area contributed by atoms with Crippen LogP contribution in [0.25, 0.3) is 0 Å². The second-order valence-electron chi connectivity index (χ2n) is 3.47. The predicted octanol–water partition coefficient (Wildman–Crippen LogP) is 2.46. The molecule has 2 nitrogen and oxygen atoms in total. The monoisotopic (exact) mass is 202 g/mol. The number of anilines is 1. The minimum atomic E-state index is -4.35. The third kappa shape index (κ3) is 1.54. The summed E-state index contributed by atoms with van der Waals surface area (Å²) in [4.78, 5) is 3.37. The van der Waals surface area contributed by atoms with Gasteiger partial charge in [0.1, 0.15) is 5.69 Å². The number of nitrogens with zero attached hydrogens (tertiary/aromatic N) is 1. The Morgan fingerprint density at radius 1 is 1.50 bits per heavy atom. The van der Waals surface area contributed by atoms with E-state index >= 15 is 0 Å². The Morgan fingerprint density at radius 3 is 2.86 bits per heavy atom. The van der Waals surface area contributed by atoms with Gasteiger partial charge in [0.15, 0.2) is 0 Å². The standard InChI is InChI=1S/C9H9F3N2/c1-5-2-6-3-8(9(10,11)12)13-4-7(6)14-5/h3-5,14H,2H2,1H3. The summed E-state index contributed by atoms with van der Waals surface area (Å²) in [7, 11) is 0. The van der Waals surface area contributed by atoms with Crippen LogP contribution in [0.5, 0.6) is 0 Å². The Labute approximate surface area is 79.2 Å². The minimum Gasteiger partial charge on any atom is -0.381 e. The van der Waals surface area contributed by atoms with Gasteiger partial charge in [-0.25, -0.2) is 4.98 Å². The highest BCUT2D eigenvalue weighted by atomic mass is 19.4. The van der Waals surface area contributed by atoms with Gasteiger partial charge in [-0.2, -0.15) is 13.2 Å². The number of hydrogen-bond acceptors (Lipinski definition) is 2. The topological polar surface area (TPSA) is 24.9 Å². The van der Waals surface area contributed by atoms with Crippen LogP contribution in [0.15, 0.2) is 12.3 Å². The number of halogens is 3. The average Bonchev–Trinajstić information content (AvgIpc) is 2.41. The van der Waals surface area contributed by atoms with Gasteiger partial charge >= 0.3 is 6.18 Å². The van der Waals surface area contributed by atoms with Crippen LogP contribution in [-0.4, -0.2) is 11.0 Å². The van der Waals surface area contributed by atoms with Crippen molar-refractivity contribution in [2.24, 2.45) is 0 Å².